The summed E-state index contributed by atoms with van der Waals surface area (Å²) < 4.78 is 5.69. The summed E-state index contributed by atoms with van der Waals surface area (Å²) in [6, 6.07) is 8.20. The molecule has 0 bridgehead atoms. The van der Waals surface area contributed by atoms with E-state index in [2.05, 4.69) is 17.6 Å². The molecule has 0 aliphatic heterocycles. The van der Waals surface area contributed by atoms with Gasteiger partial charge >= 0.3 is 0 Å². The molecule has 0 heterocycles. The Hall–Kier alpha value is -1.55. The molecule has 0 aromatic heterocycles. The number of carbonyl (C=O) groups is 1. The van der Waals surface area contributed by atoms with Gasteiger partial charge in [0.1, 0.15) is 5.75 Å². The fraction of sp³-hybridized carbons (Fsp3) is 0.588. The van der Waals surface area contributed by atoms with E-state index < -0.39 is 0 Å². The summed E-state index contributed by atoms with van der Waals surface area (Å²) in [5.41, 5.74) is 1.09. The van der Waals surface area contributed by atoms with Gasteiger partial charge in [-0.05, 0) is 25.5 Å². The molecule has 0 unspecified atom stereocenters. The van der Waals surface area contributed by atoms with E-state index in [0.29, 0.717) is 6.04 Å². The van der Waals surface area contributed by atoms with Gasteiger partial charge in [-0.3, -0.25) is 4.79 Å². The first-order valence-corrected chi connectivity index (χ1v) is 8.00. The number of benzene rings is 1. The van der Waals surface area contributed by atoms with E-state index >= 15 is 0 Å². The molecule has 1 aromatic carbocycles. The Balaban J connectivity index is 1.80. The highest BCUT2D eigenvalue weighted by molar-refractivity contribution is 5.77. The summed E-state index contributed by atoms with van der Waals surface area (Å²) in [6.07, 6.45) is 5.93. The Bertz CT molecular complexity index is 442. The second-order valence-electron chi connectivity index (χ2n) is 5.58. The summed E-state index contributed by atoms with van der Waals surface area (Å²) in [5, 5.41) is 6.35. The first-order valence-electron chi connectivity index (χ1n) is 8.00. The fourth-order valence-corrected chi connectivity index (χ4v) is 2.71. The second-order valence-corrected chi connectivity index (χ2v) is 5.58. The maximum absolute atomic E-state index is 12.0. The highest BCUT2D eigenvalue weighted by atomic mass is 16.5. The number of rotatable bonds is 7. The van der Waals surface area contributed by atoms with Crippen LogP contribution in [0.25, 0.3) is 0 Å². The van der Waals surface area contributed by atoms with Gasteiger partial charge in [-0.2, -0.15) is 0 Å². The number of amides is 1. The molecule has 1 fully saturated rings. The lowest BCUT2D eigenvalue weighted by molar-refractivity contribution is -0.124. The minimum absolute atomic E-state index is 0.0137. The normalized spacial score (nSPS) is 15.7. The van der Waals surface area contributed by atoms with Gasteiger partial charge in [-0.25, -0.2) is 0 Å². The van der Waals surface area contributed by atoms with E-state index in [9.17, 15) is 4.79 Å². The maximum Gasteiger partial charge on any atom is 0.258 e. The first-order chi connectivity index (χ1) is 10.3. The van der Waals surface area contributed by atoms with Crippen molar-refractivity contribution in [3.8, 4) is 5.75 Å². The topological polar surface area (TPSA) is 50.4 Å². The van der Waals surface area contributed by atoms with E-state index in [0.717, 1.165) is 37.2 Å². The Morgan fingerprint density at radius 1 is 1.24 bits per heavy atom. The SMILES string of the molecule is CCNCc1ccccc1OCC(=O)NC1CCCCC1. The minimum Gasteiger partial charge on any atom is -0.483 e. The summed E-state index contributed by atoms with van der Waals surface area (Å²) in [7, 11) is 0. The molecule has 1 amide bonds. The minimum atomic E-state index is -0.0137. The van der Waals surface area contributed by atoms with Gasteiger partial charge in [-0.1, -0.05) is 44.4 Å². The molecule has 4 heteroatoms. The van der Waals surface area contributed by atoms with Crippen LogP contribution in [0, 0.1) is 0 Å². The predicted octanol–water partition coefficient (Wildman–Crippen LogP) is 2.62. The van der Waals surface area contributed by atoms with Crippen LogP contribution in [-0.2, 0) is 11.3 Å². The van der Waals surface area contributed by atoms with Crippen molar-refractivity contribution in [2.45, 2.75) is 51.6 Å². The van der Waals surface area contributed by atoms with Gasteiger partial charge in [0.2, 0.25) is 0 Å². The molecule has 4 nitrogen and oxygen atoms in total. The standard InChI is InChI=1S/C17H26N2O2/c1-2-18-12-14-8-6-7-11-16(14)21-13-17(20)19-15-9-4-3-5-10-15/h6-8,11,15,18H,2-5,9-10,12-13H2,1H3,(H,19,20). The zero-order valence-electron chi connectivity index (χ0n) is 12.9. The van der Waals surface area contributed by atoms with Crippen molar-refractivity contribution in [3.63, 3.8) is 0 Å². The number of carbonyl (C=O) groups excluding carboxylic acids is 1. The van der Waals surface area contributed by atoms with E-state index in [1.165, 1.54) is 19.3 Å². The molecule has 0 spiro atoms. The van der Waals surface area contributed by atoms with Gasteiger partial charge in [0.05, 0.1) is 0 Å². The zero-order chi connectivity index (χ0) is 14.9. The third-order valence-corrected chi connectivity index (χ3v) is 3.87. The highest BCUT2D eigenvalue weighted by Gasteiger charge is 2.16. The van der Waals surface area contributed by atoms with Gasteiger partial charge in [0, 0.05) is 18.2 Å². The molecule has 1 aromatic rings. The molecule has 1 aliphatic rings. The number of ether oxygens (including phenoxy) is 1. The lowest BCUT2D eigenvalue weighted by Crippen LogP contribution is -2.39. The number of hydrogen-bond donors (Lipinski definition) is 2. The van der Waals surface area contributed by atoms with Gasteiger partial charge < -0.3 is 15.4 Å². The molecule has 2 N–H and O–H groups in total. The van der Waals surface area contributed by atoms with Gasteiger partial charge in [0.15, 0.2) is 6.61 Å². The predicted molar refractivity (Wildman–Crippen MR) is 84.3 cm³/mol. The highest BCUT2D eigenvalue weighted by Crippen LogP contribution is 2.19. The Morgan fingerprint density at radius 2 is 2.00 bits per heavy atom. The van der Waals surface area contributed by atoms with Crippen LogP contribution in [0.2, 0.25) is 0 Å². The average Bonchev–Trinajstić information content (AvgIpc) is 2.52. The van der Waals surface area contributed by atoms with Crippen molar-refractivity contribution in [2.24, 2.45) is 0 Å². The molecule has 0 radical (unpaired) electrons. The van der Waals surface area contributed by atoms with E-state index in [1.54, 1.807) is 0 Å². The molecular formula is C17H26N2O2. The van der Waals surface area contributed by atoms with E-state index in [-0.39, 0.29) is 12.5 Å². The van der Waals surface area contributed by atoms with Crippen molar-refractivity contribution < 1.29 is 9.53 Å². The Labute approximate surface area is 127 Å². The lowest BCUT2D eigenvalue weighted by Gasteiger charge is -2.22. The van der Waals surface area contributed by atoms with Gasteiger partial charge in [0.25, 0.3) is 5.91 Å². The fourth-order valence-electron chi connectivity index (χ4n) is 2.71. The van der Waals surface area contributed by atoms with Crippen molar-refractivity contribution in [1.29, 1.82) is 0 Å². The Kier molecular flexibility index (Phi) is 6.54. The van der Waals surface area contributed by atoms with E-state index in [1.807, 2.05) is 24.3 Å². The van der Waals surface area contributed by atoms with Crippen LogP contribution >= 0.6 is 0 Å². The van der Waals surface area contributed by atoms with Crippen molar-refractivity contribution in [3.05, 3.63) is 29.8 Å². The van der Waals surface area contributed by atoms with Crippen molar-refractivity contribution in [2.75, 3.05) is 13.2 Å². The smallest absolute Gasteiger partial charge is 0.258 e. The number of hydrogen-bond acceptors (Lipinski definition) is 3. The summed E-state index contributed by atoms with van der Waals surface area (Å²) in [6.45, 7) is 3.84. The molecule has 116 valence electrons. The summed E-state index contributed by atoms with van der Waals surface area (Å²) in [4.78, 5) is 12.0. The third-order valence-electron chi connectivity index (χ3n) is 3.87. The average molecular weight is 290 g/mol. The number of para-hydroxylation sites is 1. The van der Waals surface area contributed by atoms with Crippen LogP contribution in [0.15, 0.2) is 24.3 Å². The van der Waals surface area contributed by atoms with Crippen LogP contribution in [0.4, 0.5) is 0 Å². The molecule has 2 rings (SSSR count). The van der Waals surface area contributed by atoms with Crippen molar-refractivity contribution >= 4 is 5.91 Å². The third kappa shape index (κ3) is 5.38. The van der Waals surface area contributed by atoms with Gasteiger partial charge in [-0.15, -0.1) is 0 Å². The molecule has 0 atom stereocenters. The van der Waals surface area contributed by atoms with Crippen LogP contribution in [-0.4, -0.2) is 25.1 Å². The molecule has 1 saturated carbocycles. The second kappa shape index (κ2) is 8.67. The molecule has 1 aliphatic carbocycles. The van der Waals surface area contributed by atoms with Crippen molar-refractivity contribution in [1.82, 2.24) is 10.6 Å². The van der Waals surface area contributed by atoms with Crippen LogP contribution in [0.1, 0.15) is 44.6 Å². The van der Waals surface area contributed by atoms with Crippen LogP contribution in [0.3, 0.4) is 0 Å². The number of nitrogens with one attached hydrogen (secondary N) is 2. The molecular weight excluding hydrogens is 264 g/mol. The Morgan fingerprint density at radius 3 is 2.76 bits per heavy atom. The quantitative estimate of drug-likeness (QED) is 0.811. The van der Waals surface area contributed by atoms with Crippen LogP contribution < -0.4 is 15.4 Å². The maximum atomic E-state index is 12.0. The summed E-state index contributed by atoms with van der Waals surface area (Å²) >= 11 is 0. The molecule has 21 heavy (non-hydrogen) atoms. The monoisotopic (exact) mass is 290 g/mol. The largest absolute Gasteiger partial charge is 0.483 e. The van der Waals surface area contributed by atoms with E-state index in [4.69, 9.17) is 4.74 Å². The summed E-state index contributed by atoms with van der Waals surface area (Å²) in [5.74, 6) is 0.775. The van der Waals surface area contributed by atoms with Crippen LogP contribution in [0.5, 0.6) is 5.75 Å². The molecule has 0 saturated heterocycles. The first kappa shape index (κ1) is 15.8. The zero-order valence-corrected chi connectivity index (χ0v) is 12.9. The lowest BCUT2D eigenvalue weighted by atomic mass is 9.95.